The van der Waals surface area contributed by atoms with Crippen molar-refractivity contribution in [3.63, 3.8) is 0 Å². The minimum Gasteiger partial charge on any atom is -0.369 e. The third-order valence-electron chi connectivity index (χ3n) is 2.93. The lowest BCUT2D eigenvalue weighted by molar-refractivity contribution is -0.122. The quantitative estimate of drug-likeness (QED) is 0.674. The molecule has 3 nitrogen and oxygen atoms in total. The number of rotatable bonds is 3. The summed E-state index contributed by atoms with van der Waals surface area (Å²) in [5.41, 5.74) is 5.42. The van der Waals surface area contributed by atoms with Crippen molar-refractivity contribution in [3.8, 4) is 0 Å². The molecule has 0 radical (unpaired) electrons. The van der Waals surface area contributed by atoms with Gasteiger partial charge in [-0.1, -0.05) is 33.1 Å². The summed E-state index contributed by atoms with van der Waals surface area (Å²) in [7, 11) is 0. The molecule has 0 aromatic carbocycles. The fourth-order valence-corrected chi connectivity index (χ4v) is 2.28. The lowest BCUT2D eigenvalue weighted by Crippen LogP contribution is -2.44. The van der Waals surface area contributed by atoms with Crippen LogP contribution in [0.15, 0.2) is 0 Å². The molecule has 3 N–H and O–H groups in total. The van der Waals surface area contributed by atoms with E-state index in [1.165, 1.54) is 12.8 Å². The molecule has 14 heavy (non-hydrogen) atoms. The Labute approximate surface area is 86.4 Å². The van der Waals surface area contributed by atoms with Gasteiger partial charge in [0, 0.05) is 12.1 Å². The normalized spacial score (nSPS) is 28.8. The van der Waals surface area contributed by atoms with E-state index in [9.17, 15) is 4.79 Å². The number of hydrogen-bond donors (Lipinski definition) is 2. The van der Waals surface area contributed by atoms with Crippen molar-refractivity contribution in [1.29, 1.82) is 0 Å². The van der Waals surface area contributed by atoms with Crippen molar-refractivity contribution in [2.24, 2.45) is 11.7 Å². The van der Waals surface area contributed by atoms with E-state index in [0.29, 0.717) is 12.1 Å². The van der Waals surface area contributed by atoms with Gasteiger partial charge in [-0.3, -0.25) is 4.79 Å². The van der Waals surface area contributed by atoms with E-state index in [-0.39, 0.29) is 11.8 Å². The Bertz CT molecular complexity index is 192. The standard InChI is InChI=1S/C11H22N2O/c1-8(2)13-10-7-5-3-4-6-9(10)11(12)14/h8-10,13H,3-7H2,1-2H3,(H2,12,14). The van der Waals surface area contributed by atoms with Crippen LogP contribution in [0.25, 0.3) is 0 Å². The monoisotopic (exact) mass is 198 g/mol. The summed E-state index contributed by atoms with van der Waals surface area (Å²) in [6.45, 7) is 4.23. The molecule has 0 spiro atoms. The van der Waals surface area contributed by atoms with Crippen LogP contribution in [-0.2, 0) is 4.79 Å². The van der Waals surface area contributed by atoms with Gasteiger partial charge in [0.15, 0.2) is 0 Å². The smallest absolute Gasteiger partial charge is 0.222 e. The molecule has 0 heterocycles. The predicted molar refractivity (Wildman–Crippen MR) is 57.8 cm³/mol. The maximum atomic E-state index is 11.3. The van der Waals surface area contributed by atoms with Crippen LogP contribution < -0.4 is 11.1 Å². The highest BCUT2D eigenvalue weighted by Crippen LogP contribution is 2.23. The van der Waals surface area contributed by atoms with Crippen LogP contribution in [-0.4, -0.2) is 18.0 Å². The van der Waals surface area contributed by atoms with E-state index in [1.807, 2.05) is 0 Å². The second-order valence-electron chi connectivity index (χ2n) is 4.57. The third kappa shape index (κ3) is 3.29. The first-order chi connectivity index (χ1) is 6.61. The fourth-order valence-electron chi connectivity index (χ4n) is 2.28. The molecule has 1 fully saturated rings. The molecule has 0 aromatic rings. The molecule has 1 amide bonds. The van der Waals surface area contributed by atoms with Crippen LogP contribution in [0.2, 0.25) is 0 Å². The lowest BCUT2D eigenvalue weighted by atomic mass is 9.93. The number of amides is 1. The number of primary amides is 1. The minimum absolute atomic E-state index is 0.0416. The van der Waals surface area contributed by atoms with Crippen molar-refractivity contribution in [2.45, 2.75) is 58.0 Å². The molecule has 0 saturated heterocycles. The fraction of sp³-hybridized carbons (Fsp3) is 0.909. The molecule has 1 saturated carbocycles. The van der Waals surface area contributed by atoms with Crippen molar-refractivity contribution >= 4 is 5.91 Å². The number of carbonyl (C=O) groups is 1. The first-order valence-electron chi connectivity index (χ1n) is 5.66. The largest absolute Gasteiger partial charge is 0.369 e. The molecule has 0 aromatic heterocycles. The Kier molecular flexibility index (Phi) is 4.39. The van der Waals surface area contributed by atoms with E-state index in [2.05, 4.69) is 19.2 Å². The maximum absolute atomic E-state index is 11.3. The van der Waals surface area contributed by atoms with Crippen LogP contribution >= 0.6 is 0 Å². The van der Waals surface area contributed by atoms with E-state index in [0.717, 1.165) is 19.3 Å². The van der Waals surface area contributed by atoms with Crippen LogP contribution in [0.5, 0.6) is 0 Å². The van der Waals surface area contributed by atoms with Gasteiger partial charge in [-0.25, -0.2) is 0 Å². The molecule has 1 aliphatic rings. The molecule has 1 aliphatic carbocycles. The molecular weight excluding hydrogens is 176 g/mol. The Balaban J connectivity index is 2.59. The average molecular weight is 198 g/mol. The first kappa shape index (κ1) is 11.5. The lowest BCUT2D eigenvalue weighted by Gasteiger charge is -2.25. The molecule has 2 atom stereocenters. The van der Waals surface area contributed by atoms with Gasteiger partial charge in [0.25, 0.3) is 0 Å². The van der Waals surface area contributed by atoms with Crippen LogP contribution in [0.4, 0.5) is 0 Å². The van der Waals surface area contributed by atoms with Gasteiger partial charge < -0.3 is 11.1 Å². The topological polar surface area (TPSA) is 55.1 Å². The molecule has 82 valence electrons. The molecule has 2 unspecified atom stereocenters. The zero-order valence-corrected chi connectivity index (χ0v) is 9.25. The highest BCUT2D eigenvalue weighted by Gasteiger charge is 2.27. The van der Waals surface area contributed by atoms with E-state index < -0.39 is 0 Å². The molecule has 0 bridgehead atoms. The van der Waals surface area contributed by atoms with E-state index in [4.69, 9.17) is 5.73 Å². The summed E-state index contributed by atoms with van der Waals surface area (Å²) in [6.07, 6.45) is 5.64. The highest BCUT2D eigenvalue weighted by atomic mass is 16.1. The number of nitrogens with one attached hydrogen (secondary N) is 1. The molecule has 1 rings (SSSR count). The van der Waals surface area contributed by atoms with Crippen LogP contribution in [0.3, 0.4) is 0 Å². The van der Waals surface area contributed by atoms with Gasteiger partial charge in [0.05, 0.1) is 5.92 Å². The summed E-state index contributed by atoms with van der Waals surface area (Å²) in [5, 5.41) is 3.45. The van der Waals surface area contributed by atoms with Gasteiger partial charge in [-0.2, -0.15) is 0 Å². The van der Waals surface area contributed by atoms with Gasteiger partial charge in [0.2, 0.25) is 5.91 Å². The summed E-state index contributed by atoms with van der Waals surface area (Å²) >= 11 is 0. The molecule has 0 aliphatic heterocycles. The summed E-state index contributed by atoms with van der Waals surface area (Å²) in [6, 6.07) is 0.731. The van der Waals surface area contributed by atoms with E-state index >= 15 is 0 Å². The van der Waals surface area contributed by atoms with E-state index in [1.54, 1.807) is 0 Å². The van der Waals surface area contributed by atoms with Crippen molar-refractivity contribution in [1.82, 2.24) is 5.32 Å². The van der Waals surface area contributed by atoms with Crippen molar-refractivity contribution in [2.75, 3.05) is 0 Å². The molecular formula is C11H22N2O. The number of carbonyl (C=O) groups excluding carboxylic acids is 1. The zero-order chi connectivity index (χ0) is 10.6. The summed E-state index contributed by atoms with van der Waals surface area (Å²) in [4.78, 5) is 11.3. The SMILES string of the molecule is CC(C)NC1CCCCCC1C(N)=O. The van der Waals surface area contributed by atoms with Gasteiger partial charge in [-0.15, -0.1) is 0 Å². The second-order valence-corrected chi connectivity index (χ2v) is 4.57. The Hall–Kier alpha value is -0.570. The van der Waals surface area contributed by atoms with Crippen LogP contribution in [0.1, 0.15) is 46.0 Å². The van der Waals surface area contributed by atoms with Gasteiger partial charge in [-0.05, 0) is 12.8 Å². The summed E-state index contributed by atoms with van der Waals surface area (Å²) < 4.78 is 0. The maximum Gasteiger partial charge on any atom is 0.222 e. The minimum atomic E-state index is -0.134. The zero-order valence-electron chi connectivity index (χ0n) is 9.25. The Morgan fingerprint density at radius 1 is 1.29 bits per heavy atom. The first-order valence-corrected chi connectivity index (χ1v) is 5.66. The number of hydrogen-bond acceptors (Lipinski definition) is 2. The number of nitrogens with two attached hydrogens (primary N) is 1. The Morgan fingerprint density at radius 3 is 2.50 bits per heavy atom. The predicted octanol–water partition coefficient (Wildman–Crippen LogP) is 1.42. The Morgan fingerprint density at radius 2 is 1.93 bits per heavy atom. The van der Waals surface area contributed by atoms with Gasteiger partial charge >= 0.3 is 0 Å². The third-order valence-corrected chi connectivity index (χ3v) is 2.93. The second kappa shape index (κ2) is 5.35. The average Bonchev–Trinajstić information content (AvgIpc) is 2.28. The molecule has 3 heteroatoms. The van der Waals surface area contributed by atoms with Crippen molar-refractivity contribution < 1.29 is 4.79 Å². The van der Waals surface area contributed by atoms with Crippen LogP contribution in [0, 0.1) is 5.92 Å². The highest BCUT2D eigenvalue weighted by molar-refractivity contribution is 5.77. The van der Waals surface area contributed by atoms with Crippen molar-refractivity contribution in [3.05, 3.63) is 0 Å². The van der Waals surface area contributed by atoms with Gasteiger partial charge in [0.1, 0.15) is 0 Å². The summed E-state index contributed by atoms with van der Waals surface area (Å²) in [5.74, 6) is -0.0926.